The van der Waals surface area contributed by atoms with Gasteiger partial charge in [-0.1, -0.05) is 31.0 Å². The molecule has 2 aromatic rings. The van der Waals surface area contributed by atoms with Crippen molar-refractivity contribution in [3.05, 3.63) is 53.6 Å². The van der Waals surface area contributed by atoms with Crippen molar-refractivity contribution in [1.82, 2.24) is 0 Å². The predicted molar refractivity (Wildman–Crippen MR) is 126 cm³/mol. The smallest absolute Gasteiger partial charge is 0.316 e. The number of carbonyl (C=O) groups is 4. The molecule has 0 bridgehead atoms. The Morgan fingerprint density at radius 1 is 0.882 bits per heavy atom. The molecule has 3 fully saturated rings. The second kappa shape index (κ2) is 8.70. The van der Waals surface area contributed by atoms with Gasteiger partial charge in [-0.05, 0) is 62.1 Å². The monoisotopic (exact) mass is 460 g/mol. The lowest BCUT2D eigenvalue weighted by Gasteiger charge is -2.19. The van der Waals surface area contributed by atoms with Gasteiger partial charge < -0.3 is 9.64 Å². The average molecular weight is 461 g/mol. The van der Waals surface area contributed by atoms with Crippen molar-refractivity contribution in [2.24, 2.45) is 17.8 Å². The SMILES string of the molecule is Cc1ccccc1N1C[C@H](C(=O)Oc2ccc(N3C(=O)[C@H]4CCCC[C@@H]4C3=O)c(C)c2)CC1=O. The Morgan fingerprint density at radius 2 is 1.56 bits per heavy atom. The first kappa shape index (κ1) is 22.3. The summed E-state index contributed by atoms with van der Waals surface area (Å²) in [6.45, 7) is 4.01. The average Bonchev–Trinajstić information content (AvgIpc) is 3.33. The standard InChI is InChI=1S/C27H28N2O5/c1-16-7-3-6-10-22(16)28-15-18(14-24(28)30)27(33)34-19-11-12-23(17(2)13-19)29-25(31)20-8-4-5-9-21(20)26(29)32/h3,6-7,10-13,18,20-21H,4-5,8-9,14-15H2,1-2H3/t18-,20+,21+/m1/s1. The summed E-state index contributed by atoms with van der Waals surface area (Å²) in [5, 5.41) is 0. The third-order valence-corrected chi connectivity index (χ3v) is 7.33. The number of hydrogen-bond acceptors (Lipinski definition) is 5. The predicted octanol–water partition coefficient (Wildman–Crippen LogP) is 3.94. The molecule has 0 N–H and O–H groups in total. The summed E-state index contributed by atoms with van der Waals surface area (Å²) < 4.78 is 5.60. The molecule has 3 atom stereocenters. The fraction of sp³-hybridized carbons (Fsp3) is 0.407. The van der Waals surface area contributed by atoms with Crippen molar-refractivity contribution < 1.29 is 23.9 Å². The molecule has 0 spiro atoms. The molecule has 0 aromatic heterocycles. The van der Waals surface area contributed by atoms with Crippen LogP contribution in [0.3, 0.4) is 0 Å². The van der Waals surface area contributed by atoms with Gasteiger partial charge in [0.25, 0.3) is 0 Å². The van der Waals surface area contributed by atoms with Crippen LogP contribution in [0.4, 0.5) is 11.4 Å². The third-order valence-electron chi connectivity index (χ3n) is 7.33. The van der Waals surface area contributed by atoms with E-state index in [0.717, 1.165) is 36.9 Å². The molecule has 2 aliphatic heterocycles. The molecule has 7 nitrogen and oxygen atoms in total. The minimum Gasteiger partial charge on any atom is -0.426 e. The Kier molecular flexibility index (Phi) is 5.71. The van der Waals surface area contributed by atoms with E-state index in [0.29, 0.717) is 17.0 Å². The van der Waals surface area contributed by atoms with Gasteiger partial charge >= 0.3 is 5.97 Å². The Bertz CT molecular complexity index is 1170. The first-order valence-corrected chi connectivity index (χ1v) is 11.9. The van der Waals surface area contributed by atoms with Crippen molar-refractivity contribution in [1.29, 1.82) is 0 Å². The summed E-state index contributed by atoms with van der Waals surface area (Å²) in [5.74, 6) is -1.46. The number of fused-ring (bicyclic) bond motifs is 1. The van der Waals surface area contributed by atoms with Gasteiger partial charge in [-0.15, -0.1) is 0 Å². The molecule has 0 radical (unpaired) electrons. The van der Waals surface area contributed by atoms with Gasteiger partial charge in [-0.2, -0.15) is 0 Å². The number of nitrogens with zero attached hydrogens (tertiary/aromatic N) is 2. The number of anilines is 2. The molecule has 2 heterocycles. The summed E-state index contributed by atoms with van der Waals surface area (Å²) >= 11 is 0. The van der Waals surface area contributed by atoms with Crippen LogP contribution in [0.2, 0.25) is 0 Å². The number of hydrogen-bond donors (Lipinski definition) is 0. The first-order valence-electron chi connectivity index (χ1n) is 11.9. The molecular weight excluding hydrogens is 432 g/mol. The lowest BCUT2D eigenvalue weighted by Crippen LogP contribution is -2.31. The normalized spacial score (nSPS) is 24.5. The van der Waals surface area contributed by atoms with Gasteiger partial charge in [0.2, 0.25) is 17.7 Å². The van der Waals surface area contributed by atoms with Crippen molar-refractivity contribution in [2.75, 3.05) is 16.3 Å². The number of esters is 1. The number of aryl methyl sites for hydroxylation is 2. The Hall–Kier alpha value is -3.48. The molecule has 5 rings (SSSR count). The topological polar surface area (TPSA) is 84.0 Å². The Morgan fingerprint density at radius 3 is 2.21 bits per heavy atom. The van der Waals surface area contributed by atoms with Crippen LogP contribution in [0.1, 0.15) is 43.2 Å². The van der Waals surface area contributed by atoms with Crippen LogP contribution in [-0.2, 0) is 19.2 Å². The summed E-state index contributed by atoms with van der Waals surface area (Å²) in [6.07, 6.45) is 3.59. The van der Waals surface area contributed by atoms with Gasteiger partial charge in [0.1, 0.15) is 5.75 Å². The highest BCUT2D eigenvalue weighted by Gasteiger charge is 2.49. The number of imide groups is 1. The number of ether oxygens (including phenoxy) is 1. The van der Waals surface area contributed by atoms with Gasteiger partial charge in [0.05, 0.1) is 23.4 Å². The van der Waals surface area contributed by atoms with E-state index in [1.54, 1.807) is 30.0 Å². The van der Waals surface area contributed by atoms with E-state index in [-0.39, 0.29) is 42.5 Å². The van der Waals surface area contributed by atoms with Crippen molar-refractivity contribution >= 4 is 35.1 Å². The molecule has 1 saturated carbocycles. The summed E-state index contributed by atoms with van der Waals surface area (Å²) in [6, 6.07) is 12.5. The molecule has 176 valence electrons. The molecule has 0 unspecified atom stereocenters. The highest BCUT2D eigenvalue weighted by Crippen LogP contribution is 2.41. The maximum Gasteiger partial charge on any atom is 0.316 e. The fourth-order valence-electron chi connectivity index (χ4n) is 5.51. The minimum absolute atomic E-state index is 0.101. The zero-order chi connectivity index (χ0) is 24.0. The van der Waals surface area contributed by atoms with E-state index in [1.807, 2.05) is 31.2 Å². The zero-order valence-corrected chi connectivity index (χ0v) is 19.5. The highest BCUT2D eigenvalue weighted by atomic mass is 16.5. The maximum absolute atomic E-state index is 12.9. The fourth-order valence-corrected chi connectivity index (χ4v) is 5.51. The van der Waals surface area contributed by atoms with E-state index in [2.05, 4.69) is 0 Å². The van der Waals surface area contributed by atoms with E-state index in [4.69, 9.17) is 4.74 Å². The van der Waals surface area contributed by atoms with E-state index < -0.39 is 11.9 Å². The number of rotatable bonds is 4. The molecule has 3 aliphatic rings. The zero-order valence-electron chi connectivity index (χ0n) is 19.5. The summed E-state index contributed by atoms with van der Waals surface area (Å²) in [7, 11) is 0. The molecular formula is C27H28N2O5. The molecule has 7 heteroatoms. The summed E-state index contributed by atoms with van der Waals surface area (Å²) in [5.41, 5.74) is 3.02. The lowest BCUT2D eigenvalue weighted by molar-refractivity contribution is -0.139. The lowest BCUT2D eigenvalue weighted by atomic mass is 9.81. The van der Waals surface area contributed by atoms with Crippen LogP contribution >= 0.6 is 0 Å². The van der Waals surface area contributed by atoms with Crippen LogP contribution in [0.5, 0.6) is 5.75 Å². The molecule has 2 aromatic carbocycles. The minimum atomic E-state index is -0.558. The van der Waals surface area contributed by atoms with E-state index >= 15 is 0 Å². The van der Waals surface area contributed by atoms with Crippen LogP contribution in [-0.4, -0.2) is 30.2 Å². The number of para-hydroxylation sites is 1. The van der Waals surface area contributed by atoms with Crippen molar-refractivity contribution in [2.45, 2.75) is 46.0 Å². The quantitative estimate of drug-likeness (QED) is 0.392. The number of carbonyl (C=O) groups excluding carboxylic acids is 4. The largest absolute Gasteiger partial charge is 0.426 e. The van der Waals surface area contributed by atoms with Gasteiger partial charge in [-0.25, -0.2) is 4.90 Å². The van der Waals surface area contributed by atoms with Crippen LogP contribution in [0, 0.1) is 31.6 Å². The third kappa shape index (κ3) is 3.79. The van der Waals surface area contributed by atoms with Crippen molar-refractivity contribution in [3.8, 4) is 5.75 Å². The van der Waals surface area contributed by atoms with Gasteiger partial charge in [-0.3, -0.25) is 19.2 Å². The number of amides is 3. The van der Waals surface area contributed by atoms with Crippen LogP contribution in [0.25, 0.3) is 0 Å². The maximum atomic E-state index is 12.9. The van der Waals surface area contributed by atoms with E-state index in [1.165, 1.54) is 4.90 Å². The van der Waals surface area contributed by atoms with Crippen LogP contribution < -0.4 is 14.5 Å². The van der Waals surface area contributed by atoms with Crippen molar-refractivity contribution in [3.63, 3.8) is 0 Å². The molecule has 2 saturated heterocycles. The number of benzene rings is 2. The highest BCUT2D eigenvalue weighted by molar-refractivity contribution is 6.22. The molecule has 1 aliphatic carbocycles. The Balaban J connectivity index is 1.29. The molecule has 34 heavy (non-hydrogen) atoms. The Labute approximate surface area is 198 Å². The van der Waals surface area contributed by atoms with Gasteiger partial charge in [0.15, 0.2) is 0 Å². The second-order valence-corrected chi connectivity index (χ2v) is 9.57. The van der Waals surface area contributed by atoms with Gasteiger partial charge in [0, 0.05) is 18.7 Å². The second-order valence-electron chi connectivity index (χ2n) is 9.57. The summed E-state index contributed by atoms with van der Waals surface area (Å²) in [4.78, 5) is 54.2. The first-order chi connectivity index (χ1) is 16.3. The van der Waals surface area contributed by atoms with E-state index in [9.17, 15) is 19.2 Å². The van der Waals surface area contributed by atoms with Crippen LogP contribution in [0.15, 0.2) is 42.5 Å². The molecule has 3 amide bonds.